The summed E-state index contributed by atoms with van der Waals surface area (Å²) in [6, 6.07) is 16.3. The Balaban J connectivity index is 1.49. The fourth-order valence-electron chi connectivity index (χ4n) is 4.00. The number of nitrogens with zero attached hydrogens (tertiary/aromatic N) is 2. The average Bonchev–Trinajstić information content (AvgIpc) is 3.09. The fraction of sp³-hybridized carbons (Fsp3) is 0.348. The third-order valence-corrected chi connectivity index (χ3v) is 5.61. The standard InChI is InChI=1S/C23H26N2O2/c1-27-22-13-11-21(12-14-22)25-16-15-24(23(25)26)17-18-7-9-20(10-8-18)19-5-3-2-4-6-19/h7-16,19H,2-6,17H2,1H3. The summed E-state index contributed by atoms with van der Waals surface area (Å²) in [6.45, 7) is 0.590. The molecule has 4 rings (SSSR count). The fourth-order valence-corrected chi connectivity index (χ4v) is 4.00. The monoisotopic (exact) mass is 362 g/mol. The summed E-state index contributed by atoms with van der Waals surface area (Å²) < 4.78 is 8.59. The predicted molar refractivity (Wildman–Crippen MR) is 108 cm³/mol. The molecule has 1 aromatic heterocycles. The van der Waals surface area contributed by atoms with Crippen molar-refractivity contribution in [1.82, 2.24) is 9.13 Å². The van der Waals surface area contributed by atoms with Gasteiger partial charge in [-0.1, -0.05) is 43.5 Å². The van der Waals surface area contributed by atoms with E-state index in [1.165, 1.54) is 37.7 Å². The maximum absolute atomic E-state index is 12.7. The quantitative estimate of drug-likeness (QED) is 0.657. The first-order valence-corrected chi connectivity index (χ1v) is 9.75. The molecule has 0 bridgehead atoms. The Hall–Kier alpha value is -2.75. The van der Waals surface area contributed by atoms with Crippen LogP contribution in [0.1, 0.15) is 49.1 Å². The van der Waals surface area contributed by atoms with Crippen LogP contribution in [-0.2, 0) is 6.54 Å². The Kier molecular flexibility index (Phi) is 5.14. The van der Waals surface area contributed by atoms with E-state index in [-0.39, 0.29) is 5.69 Å². The second kappa shape index (κ2) is 7.87. The zero-order chi connectivity index (χ0) is 18.6. The molecule has 1 heterocycles. The lowest BCUT2D eigenvalue weighted by atomic mass is 9.84. The molecule has 4 nitrogen and oxygen atoms in total. The summed E-state index contributed by atoms with van der Waals surface area (Å²) in [5.74, 6) is 1.50. The van der Waals surface area contributed by atoms with E-state index in [2.05, 4.69) is 24.3 Å². The van der Waals surface area contributed by atoms with Gasteiger partial charge < -0.3 is 4.74 Å². The number of hydrogen-bond acceptors (Lipinski definition) is 2. The molecule has 0 radical (unpaired) electrons. The Bertz CT molecular complexity index is 930. The molecule has 0 saturated heterocycles. The molecule has 1 fully saturated rings. The second-order valence-corrected chi connectivity index (χ2v) is 7.35. The van der Waals surface area contributed by atoms with E-state index in [1.54, 1.807) is 16.2 Å². The lowest BCUT2D eigenvalue weighted by Gasteiger charge is -2.22. The summed E-state index contributed by atoms with van der Waals surface area (Å²) in [4.78, 5) is 12.7. The van der Waals surface area contributed by atoms with Crippen LogP contribution in [0.5, 0.6) is 5.75 Å². The zero-order valence-corrected chi connectivity index (χ0v) is 15.8. The molecule has 1 saturated carbocycles. The lowest BCUT2D eigenvalue weighted by molar-refractivity contribution is 0.414. The maximum Gasteiger partial charge on any atom is 0.333 e. The van der Waals surface area contributed by atoms with Crippen molar-refractivity contribution in [2.75, 3.05) is 7.11 Å². The van der Waals surface area contributed by atoms with E-state index in [4.69, 9.17) is 4.74 Å². The summed E-state index contributed by atoms with van der Waals surface area (Å²) in [6.07, 6.45) is 10.4. The first kappa shape index (κ1) is 17.7. The third-order valence-electron chi connectivity index (χ3n) is 5.61. The van der Waals surface area contributed by atoms with Gasteiger partial charge in [0.25, 0.3) is 0 Å². The summed E-state index contributed by atoms with van der Waals surface area (Å²) in [5.41, 5.74) is 3.41. The number of imidazole rings is 1. The summed E-state index contributed by atoms with van der Waals surface area (Å²) >= 11 is 0. The first-order chi connectivity index (χ1) is 13.2. The van der Waals surface area contributed by atoms with Gasteiger partial charge in [-0.25, -0.2) is 4.79 Å². The maximum atomic E-state index is 12.7. The Morgan fingerprint density at radius 3 is 2.30 bits per heavy atom. The van der Waals surface area contributed by atoms with Gasteiger partial charge in [-0.2, -0.15) is 0 Å². The van der Waals surface area contributed by atoms with Crippen molar-refractivity contribution in [3.05, 3.63) is 82.5 Å². The molecule has 3 aromatic rings. The molecule has 0 amide bonds. The third kappa shape index (κ3) is 3.85. The Labute approximate surface area is 160 Å². The predicted octanol–water partition coefficient (Wildman–Crippen LogP) is 4.74. The van der Waals surface area contributed by atoms with Crippen molar-refractivity contribution in [2.45, 2.75) is 44.6 Å². The van der Waals surface area contributed by atoms with Crippen molar-refractivity contribution < 1.29 is 4.74 Å². The number of hydrogen-bond donors (Lipinski definition) is 0. The lowest BCUT2D eigenvalue weighted by Crippen LogP contribution is -2.23. The minimum Gasteiger partial charge on any atom is -0.497 e. The van der Waals surface area contributed by atoms with Gasteiger partial charge >= 0.3 is 5.69 Å². The Morgan fingerprint density at radius 2 is 1.63 bits per heavy atom. The van der Waals surface area contributed by atoms with Gasteiger partial charge in [0.05, 0.1) is 19.3 Å². The smallest absolute Gasteiger partial charge is 0.333 e. The number of aromatic nitrogens is 2. The zero-order valence-electron chi connectivity index (χ0n) is 15.8. The summed E-state index contributed by atoms with van der Waals surface area (Å²) in [5, 5.41) is 0. The summed E-state index contributed by atoms with van der Waals surface area (Å²) in [7, 11) is 1.64. The molecular weight excluding hydrogens is 336 g/mol. The molecule has 2 aromatic carbocycles. The number of methoxy groups -OCH3 is 1. The van der Waals surface area contributed by atoms with Crippen LogP contribution in [0.3, 0.4) is 0 Å². The van der Waals surface area contributed by atoms with Crippen LogP contribution in [0, 0.1) is 0 Å². The molecule has 0 unspecified atom stereocenters. The number of ether oxygens (including phenoxy) is 1. The van der Waals surface area contributed by atoms with Crippen LogP contribution >= 0.6 is 0 Å². The van der Waals surface area contributed by atoms with Crippen molar-refractivity contribution in [1.29, 1.82) is 0 Å². The van der Waals surface area contributed by atoms with Gasteiger partial charge in [-0.15, -0.1) is 0 Å². The number of benzene rings is 2. The normalized spacial score (nSPS) is 15.0. The topological polar surface area (TPSA) is 36.2 Å². The molecule has 140 valence electrons. The van der Waals surface area contributed by atoms with Crippen molar-refractivity contribution in [3.63, 3.8) is 0 Å². The minimum absolute atomic E-state index is 0.0310. The van der Waals surface area contributed by atoms with E-state index >= 15 is 0 Å². The van der Waals surface area contributed by atoms with Crippen molar-refractivity contribution >= 4 is 0 Å². The van der Waals surface area contributed by atoms with E-state index in [0.717, 1.165) is 17.0 Å². The van der Waals surface area contributed by atoms with Crippen LogP contribution in [0.25, 0.3) is 5.69 Å². The highest BCUT2D eigenvalue weighted by Crippen LogP contribution is 2.32. The first-order valence-electron chi connectivity index (χ1n) is 9.75. The highest BCUT2D eigenvalue weighted by atomic mass is 16.5. The van der Waals surface area contributed by atoms with Crippen LogP contribution in [-0.4, -0.2) is 16.2 Å². The van der Waals surface area contributed by atoms with Gasteiger partial charge in [0.2, 0.25) is 0 Å². The average molecular weight is 362 g/mol. The minimum atomic E-state index is -0.0310. The molecule has 27 heavy (non-hydrogen) atoms. The van der Waals surface area contributed by atoms with Gasteiger partial charge in [0, 0.05) is 12.4 Å². The highest BCUT2D eigenvalue weighted by Gasteiger charge is 2.15. The van der Waals surface area contributed by atoms with Crippen LogP contribution in [0.15, 0.2) is 65.7 Å². The molecule has 0 atom stereocenters. The molecule has 0 N–H and O–H groups in total. The van der Waals surface area contributed by atoms with Crippen molar-refractivity contribution in [2.24, 2.45) is 0 Å². The van der Waals surface area contributed by atoms with Gasteiger partial charge in [0.1, 0.15) is 5.75 Å². The van der Waals surface area contributed by atoms with E-state index < -0.39 is 0 Å². The second-order valence-electron chi connectivity index (χ2n) is 7.35. The molecular formula is C23H26N2O2. The van der Waals surface area contributed by atoms with E-state index in [1.807, 2.05) is 36.7 Å². The van der Waals surface area contributed by atoms with Gasteiger partial charge in [-0.05, 0) is 54.2 Å². The van der Waals surface area contributed by atoms with Crippen LogP contribution in [0.2, 0.25) is 0 Å². The largest absolute Gasteiger partial charge is 0.497 e. The SMILES string of the molecule is COc1ccc(-n2ccn(Cc3ccc(C4CCCCC4)cc3)c2=O)cc1. The molecule has 0 aliphatic heterocycles. The molecule has 1 aliphatic carbocycles. The number of rotatable bonds is 5. The van der Waals surface area contributed by atoms with Crippen LogP contribution < -0.4 is 10.4 Å². The van der Waals surface area contributed by atoms with Gasteiger partial charge in [0.15, 0.2) is 0 Å². The highest BCUT2D eigenvalue weighted by molar-refractivity contribution is 5.37. The van der Waals surface area contributed by atoms with Crippen LogP contribution in [0.4, 0.5) is 0 Å². The van der Waals surface area contributed by atoms with Gasteiger partial charge in [-0.3, -0.25) is 9.13 Å². The molecule has 0 spiro atoms. The molecule has 4 heteroatoms. The Morgan fingerprint density at radius 1 is 0.926 bits per heavy atom. The van der Waals surface area contributed by atoms with E-state index in [9.17, 15) is 4.79 Å². The molecule has 1 aliphatic rings. The van der Waals surface area contributed by atoms with E-state index in [0.29, 0.717) is 12.5 Å². The van der Waals surface area contributed by atoms with Crippen molar-refractivity contribution in [3.8, 4) is 11.4 Å².